The van der Waals surface area contributed by atoms with Crippen molar-refractivity contribution in [2.75, 3.05) is 32.7 Å². The highest BCUT2D eigenvalue weighted by Gasteiger charge is 2.28. The van der Waals surface area contributed by atoms with Crippen LogP contribution >= 0.6 is 0 Å². The number of amides is 2. The van der Waals surface area contributed by atoms with E-state index >= 15 is 0 Å². The number of aliphatic carboxylic acids is 1. The lowest BCUT2D eigenvalue weighted by Crippen LogP contribution is -2.43. The predicted molar refractivity (Wildman–Crippen MR) is 87.0 cm³/mol. The molecule has 2 amide bonds. The lowest BCUT2D eigenvalue weighted by molar-refractivity contribution is -0.136. The summed E-state index contributed by atoms with van der Waals surface area (Å²) in [6.07, 6.45) is 0.275. The molecular weight excluding hydrogens is 353 g/mol. The van der Waals surface area contributed by atoms with Gasteiger partial charge in [-0.3, -0.25) is 4.79 Å². The van der Waals surface area contributed by atoms with Crippen molar-refractivity contribution >= 4 is 22.0 Å². The molecule has 1 aromatic carbocycles. The molecular formula is C15H20FN3O5S. The second kappa shape index (κ2) is 8.26. The van der Waals surface area contributed by atoms with E-state index in [-0.39, 0.29) is 37.5 Å². The number of nitrogens with one attached hydrogen (secondary N) is 1. The predicted octanol–water partition coefficient (Wildman–Crippen LogP) is 0.706. The first-order valence-electron chi connectivity index (χ1n) is 7.81. The summed E-state index contributed by atoms with van der Waals surface area (Å²) in [6, 6.07) is 4.19. The fraction of sp³-hybridized carbons (Fsp3) is 0.467. The normalized spacial score (nSPS) is 16.3. The van der Waals surface area contributed by atoms with Crippen LogP contribution in [0.25, 0.3) is 0 Å². The molecule has 0 aliphatic carbocycles. The van der Waals surface area contributed by atoms with Crippen molar-refractivity contribution in [2.45, 2.75) is 17.7 Å². The van der Waals surface area contributed by atoms with E-state index in [1.165, 1.54) is 21.3 Å². The minimum absolute atomic E-state index is 0.00765. The summed E-state index contributed by atoms with van der Waals surface area (Å²) in [4.78, 5) is 23.9. The van der Waals surface area contributed by atoms with E-state index in [4.69, 9.17) is 5.11 Å². The van der Waals surface area contributed by atoms with Crippen molar-refractivity contribution in [3.8, 4) is 0 Å². The molecule has 8 nitrogen and oxygen atoms in total. The van der Waals surface area contributed by atoms with Crippen LogP contribution in [0.5, 0.6) is 0 Å². The highest BCUT2D eigenvalue weighted by atomic mass is 32.2. The van der Waals surface area contributed by atoms with Crippen LogP contribution < -0.4 is 5.32 Å². The SMILES string of the molecule is O=C(O)CCNC(=O)N1CCCN(S(=O)(=O)c2ccc(F)cc2)CC1. The Morgan fingerprint density at radius 2 is 1.80 bits per heavy atom. The van der Waals surface area contributed by atoms with Crippen LogP contribution in [-0.4, -0.2) is 67.5 Å². The van der Waals surface area contributed by atoms with Crippen molar-refractivity contribution in [2.24, 2.45) is 0 Å². The lowest BCUT2D eigenvalue weighted by atomic mass is 10.4. The molecule has 1 saturated heterocycles. The summed E-state index contributed by atoms with van der Waals surface area (Å²) >= 11 is 0. The summed E-state index contributed by atoms with van der Waals surface area (Å²) < 4.78 is 39.4. The van der Waals surface area contributed by atoms with Crippen LogP contribution in [0.1, 0.15) is 12.8 Å². The lowest BCUT2D eigenvalue weighted by Gasteiger charge is -2.22. The van der Waals surface area contributed by atoms with Crippen LogP contribution in [0.15, 0.2) is 29.2 Å². The van der Waals surface area contributed by atoms with Crippen LogP contribution in [-0.2, 0) is 14.8 Å². The van der Waals surface area contributed by atoms with Gasteiger partial charge in [0.25, 0.3) is 0 Å². The average Bonchev–Trinajstić information content (AvgIpc) is 2.81. The van der Waals surface area contributed by atoms with Gasteiger partial charge in [-0.1, -0.05) is 0 Å². The van der Waals surface area contributed by atoms with Gasteiger partial charge in [-0.15, -0.1) is 0 Å². The third-order valence-corrected chi connectivity index (χ3v) is 5.72. The van der Waals surface area contributed by atoms with Crippen LogP contribution in [0, 0.1) is 5.82 Å². The number of hydrogen-bond donors (Lipinski definition) is 2. The summed E-state index contributed by atoms with van der Waals surface area (Å²) in [7, 11) is -3.75. The number of halogens is 1. The van der Waals surface area contributed by atoms with Crippen molar-refractivity contribution in [1.29, 1.82) is 0 Å². The maximum absolute atomic E-state index is 13.0. The van der Waals surface area contributed by atoms with Gasteiger partial charge in [-0.2, -0.15) is 4.31 Å². The molecule has 0 saturated carbocycles. The maximum atomic E-state index is 13.0. The Balaban J connectivity index is 1.97. The minimum atomic E-state index is -3.75. The number of benzene rings is 1. The van der Waals surface area contributed by atoms with Crippen molar-refractivity contribution in [3.05, 3.63) is 30.1 Å². The number of urea groups is 1. The monoisotopic (exact) mass is 373 g/mol. The summed E-state index contributed by atoms with van der Waals surface area (Å²) in [5.74, 6) is -1.52. The molecule has 0 atom stereocenters. The number of hydrogen-bond acceptors (Lipinski definition) is 4. The topological polar surface area (TPSA) is 107 Å². The van der Waals surface area contributed by atoms with Gasteiger partial charge in [0.2, 0.25) is 10.0 Å². The maximum Gasteiger partial charge on any atom is 0.317 e. The second-order valence-electron chi connectivity index (χ2n) is 5.57. The highest BCUT2D eigenvalue weighted by molar-refractivity contribution is 7.89. The zero-order valence-electron chi connectivity index (χ0n) is 13.5. The molecule has 25 heavy (non-hydrogen) atoms. The Morgan fingerprint density at radius 1 is 1.12 bits per heavy atom. The molecule has 1 aromatic rings. The van der Waals surface area contributed by atoms with Crippen LogP contribution in [0.2, 0.25) is 0 Å². The summed E-state index contributed by atoms with van der Waals surface area (Å²) in [6.45, 7) is 0.945. The van der Waals surface area contributed by atoms with Crippen LogP contribution in [0.4, 0.5) is 9.18 Å². The van der Waals surface area contributed by atoms with E-state index in [0.29, 0.717) is 13.0 Å². The van der Waals surface area contributed by atoms with Crippen LogP contribution in [0.3, 0.4) is 0 Å². The first-order chi connectivity index (χ1) is 11.8. The number of carboxylic acid groups (broad SMARTS) is 1. The molecule has 0 spiro atoms. The Bertz CT molecular complexity index is 723. The summed E-state index contributed by atoms with van der Waals surface area (Å²) in [5, 5.41) is 11.1. The first-order valence-corrected chi connectivity index (χ1v) is 9.25. The van der Waals surface area contributed by atoms with Gasteiger partial charge < -0.3 is 15.3 Å². The Labute approximate surface area is 145 Å². The molecule has 1 aliphatic heterocycles. The van der Waals surface area contributed by atoms with Gasteiger partial charge in [0.1, 0.15) is 5.82 Å². The van der Waals surface area contributed by atoms with E-state index in [2.05, 4.69) is 5.32 Å². The van der Waals surface area contributed by atoms with Crippen molar-refractivity contribution < 1.29 is 27.5 Å². The van der Waals surface area contributed by atoms with E-state index < -0.39 is 27.8 Å². The zero-order chi connectivity index (χ0) is 18.4. The third-order valence-electron chi connectivity index (χ3n) is 3.81. The van der Waals surface area contributed by atoms with E-state index in [9.17, 15) is 22.4 Å². The Morgan fingerprint density at radius 3 is 2.44 bits per heavy atom. The fourth-order valence-corrected chi connectivity index (χ4v) is 3.95. The molecule has 138 valence electrons. The van der Waals surface area contributed by atoms with Crippen molar-refractivity contribution in [3.63, 3.8) is 0 Å². The molecule has 2 N–H and O–H groups in total. The van der Waals surface area contributed by atoms with Gasteiger partial charge >= 0.3 is 12.0 Å². The van der Waals surface area contributed by atoms with Gasteiger partial charge in [0, 0.05) is 32.7 Å². The minimum Gasteiger partial charge on any atom is -0.481 e. The zero-order valence-corrected chi connectivity index (χ0v) is 14.3. The Hall–Kier alpha value is -2.20. The molecule has 1 aliphatic rings. The number of nitrogens with zero attached hydrogens (tertiary/aromatic N) is 2. The average molecular weight is 373 g/mol. The Kier molecular flexibility index (Phi) is 6.32. The first kappa shape index (κ1) is 19.1. The number of carbonyl (C=O) groups excluding carboxylic acids is 1. The van der Waals surface area contributed by atoms with Gasteiger partial charge in [0.05, 0.1) is 11.3 Å². The van der Waals surface area contributed by atoms with Crippen molar-refractivity contribution in [1.82, 2.24) is 14.5 Å². The molecule has 2 rings (SSSR count). The number of rotatable bonds is 5. The smallest absolute Gasteiger partial charge is 0.317 e. The quantitative estimate of drug-likeness (QED) is 0.790. The number of carboxylic acids is 1. The second-order valence-corrected chi connectivity index (χ2v) is 7.51. The number of carbonyl (C=O) groups is 2. The molecule has 1 heterocycles. The fourth-order valence-electron chi connectivity index (χ4n) is 2.48. The number of sulfonamides is 1. The highest BCUT2D eigenvalue weighted by Crippen LogP contribution is 2.18. The molecule has 0 bridgehead atoms. The van der Waals surface area contributed by atoms with E-state index in [0.717, 1.165) is 12.1 Å². The van der Waals surface area contributed by atoms with Gasteiger partial charge in [0.15, 0.2) is 0 Å². The third kappa shape index (κ3) is 5.13. The molecule has 10 heteroatoms. The van der Waals surface area contributed by atoms with Gasteiger partial charge in [-0.05, 0) is 30.7 Å². The molecule has 1 fully saturated rings. The van der Waals surface area contributed by atoms with Gasteiger partial charge in [-0.25, -0.2) is 17.6 Å². The molecule has 0 aromatic heterocycles. The van der Waals surface area contributed by atoms with E-state index in [1.54, 1.807) is 0 Å². The molecule has 0 unspecified atom stereocenters. The standard InChI is InChI=1S/C15H20FN3O5S/c16-12-2-4-13(5-3-12)25(23,24)19-9-1-8-18(10-11-19)15(22)17-7-6-14(20)21/h2-5H,1,6-11H2,(H,17,22)(H,20,21). The largest absolute Gasteiger partial charge is 0.481 e. The van der Waals surface area contributed by atoms with E-state index in [1.807, 2.05) is 0 Å². The molecule has 0 radical (unpaired) electrons. The summed E-state index contributed by atoms with van der Waals surface area (Å²) in [5.41, 5.74) is 0.